The third-order valence-corrected chi connectivity index (χ3v) is 11.1. The van der Waals surface area contributed by atoms with Crippen molar-refractivity contribution >= 4 is 45.0 Å². The number of ether oxygens (including phenoxy) is 1. The number of benzene rings is 1. The summed E-state index contributed by atoms with van der Waals surface area (Å²) in [6.07, 6.45) is 15.3. The van der Waals surface area contributed by atoms with Crippen LogP contribution in [-0.2, 0) is 9.59 Å². The molecule has 4 atom stereocenters. The first kappa shape index (κ1) is 29.1. The fourth-order valence-electron chi connectivity index (χ4n) is 5.50. The van der Waals surface area contributed by atoms with Crippen LogP contribution in [0.4, 0.5) is 5.82 Å². The molecule has 41 heavy (non-hydrogen) atoms. The van der Waals surface area contributed by atoms with E-state index in [1.54, 1.807) is 35.2 Å². The molecule has 2 aromatic rings. The minimum atomic E-state index is -0.268. The van der Waals surface area contributed by atoms with Crippen molar-refractivity contribution in [2.24, 2.45) is 5.92 Å². The van der Waals surface area contributed by atoms with Gasteiger partial charge >= 0.3 is 0 Å². The Hall–Kier alpha value is -3.37. The van der Waals surface area contributed by atoms with Gasteiger partial charge in [0.05, 0.1) is 25.4 Å². The Bertz CT molecular complexity index is 1390. The first-order valence-electron chi connectivity index (χ1n) is 13.9. The van der Waals surface area contributed by atoms with Crippen molar-refractivity contribution in [3.05, 3.63) is 77.3 Å². The Morgan fingerprint density at radius 1 is 1.17 bits per heavy atom. The lowest BCUT2D eigenvalue weighted by Gasteiger charge is -2.30. The molecule has 2 aliphatic heterocycles. The molecule has 0 saturated carbocycles. The zero-order chi connectivity index (χ0) is 28.9. The summed E-state index contributed by atoms with van der Waals surface area (Å²) in [7, 11) is 5.09. The number of nitrogens with zero attached hydrogens (tertiary/aromatic N) is 2. The number of allylic oxidation sites excluding steroid dienone is 2. The highest BCUT2D eigenvalue weighted by atomic mass is 33.1. The number of ketones is 2. The number of rotatable bonds is 4. The van der Waals surface area contributed by atoms with E-state index in [-0.39, 0.29) is 46.1 Å². The molecule has 8 nitrogen and oxygen atoms in total. The second kappa shape index (κ2) is 13.1. The molecule has 3 aliphatic rings. The van der Waals surface area contributed by atoms with E-state index < -0.39 is 0 Å². The standard InChI is InChI=1S/C31H36N4O4S2/c1-3-19-4-6-22(36)14-23(37)7-5-20-13-28(39-2)27(38)15-25(20)24-8-9-29(19)40-41-30(17-35-11-10-33-18-35)26-12-21(24)16-34-31(26)32/h5,7-13,15-16,19,24,29-30,33,38H,3-4,6,14,17-18H2,1-2H3,(H2,32,34). The summed E-state index contributed by atoms with van der Waals surface area (Å²) in [5, 5.41) is 14.2. The van der Waals surface area contributed by atoms with E-state index in [4.69, 9.17) is 10.5 Å². The molecular weight excluding hydrogens is 556 g/mol. The molecule has 4 unspecified atom stereocenters. The second-order valence-electron chi connectivity index (χ2n) is 10.6. The maximum Gasteiger partial charge on any atom is 0.163 e. The van der Waals surface area contributed by atoms with Gasteiger partial charge in [0.2, 0.25) is 0 Å². The van der Waals surface area contributed by atoms with E-state index in [0.29, 0.717) is 24.4 Å². The van der Waals surface area contributed by atoms with E-state index in [2.05, 4.69) is 46.5 Å². The van der Waals surface area contributed by atoms with E-state index >= 15 is 0 Å². The molecule has 1 aliphatic carbocycles. The van der Waals surface area contributed by atoms with Crippen LogP contribution in [0.2, 0.25) is 0 Å². The largest absolute Gasteiger partial charge is 0.504 e. The molecular formula is C31H36N4O4S2. The number of nitrogens with two attached hydrogens (primary N) is 1. The molecule has 0 saturated heterocycles. The number of fused-ring (bicyclic) bond motifs is 7. The minimum Gasteiger partial charge on any atom is -0.504 e. The minimum absolute atomic E-state index is 0.00973. The number of carbonyl (C=O) groups excluding carboxylic acids is 2. The quantitative estimate of drug-likeness (QED) is 0.236. The first-order valence-corrected chi connectivity index (χ1v) is 16.2. The Kier molecular flexibility index (Phi) is 9.29. The van der Waals surface area contributed by atoms with Crippen molar-refractivity contribution < 1.29 is 19.4 Å². The number of methoxy groups -OCH3 is 1. The number of anilines is 1. The molecule has 1 aromatic carbocycles. The number of pyridine rings is 1. The van der Waals surface area contributed by atoms with E-state index in [0.717, 1.165) is 41.9 Å². The van der Waals surface area contributed by atoms with Crippen molar-refractivity contribution in [1.29, 1.82) is 0 Å². The number of phenols is 1. The predicted octanol–water partition coefficient (Wildman–Crippen LogP) is 5.57. The van der Waals surface area contributed by atoms with Gasteiger partial charge in [-0.1, -0.05) is 53.2 Å². The summed E-state index contributed by atoms with van der Waals surface area (Å²) in [6.45, 7) is 3.65. The number of hydrogen-bond acceptors (Lipinski definition) is 10. The summed E-state index contributed by atoms with van der Waals surface area (Å²) < 4.78 is 5.40. The lowest BCUT2D eigenvalue weighted by molar-refractivity contribution is -0.124. The van der Waals surface area contributed by atoms with Gasteiger partial charge in [-0.05, 0) is 53.3 Å². The molecule has 1 aromatic heterocycles. The summed E-state index contributed by atoms with van der Waals surface area (Å²) in [6, 6.07) is 5.55. The molecule has 0 radical (unpaired) electrons. The smallest absolute Gasteiger partial charge is 0.163 e. The molecule has 216 valence electrons. The van der Waals surface area contributed by atoms with Crippen molar-refractivity contribution in [2.75, 3.05) is 26.1 Å². The lowest BCUT2D eigenvalue weighted by atomic mass is 9.85. The van der Waals surface area contributed by atoms with Crippen molar-refractivity contribution in [1.82, 2.24) is 15.2 Å². The van der Waals surface area contributed by atoms with Crippen molar-refractivity contribution in [3.8, 4) is 11.5 Å². The summed E-state index contributed by atoms with van der Waals surface area (Å²) in [5.74, 6) is 0.508. The number of phenolic OH excluding ortho intramolecular Hbond substituents is 1. The van der Waals surface area contributed by atoms with E-state index in [1.807, 2.05) is 17.0 Å². The molecule has 5 rings (SSSR count). The number of aromatic hydroxyl groups is 1. The first-order chi connectivity index (χ1) is 19.9. The summed E-state index contributed by atoms with van der Waals surface area (Å²) in [4.78, 5) is 32.3. The van der Waals surface area contributed by atoms with Gasteiger partial charge in [-0.25, -0.2) is 4.98 Å². The van der Waals surface area contributed by atoms with Gasteiger partial charge in [-0.15, -0.1) is 0 Å². The molecule has 10 heteroatoms. The number of Topliss-reactive ketones (excluding diaryl/α,β-unsaturated/α-hetero) is 1. The van der Waals surface area contributed by atoms with Crippen LogP contribution in [0.1, 0.15) is 66.0 Å². The highest BCUT2D eigenvalue weighted by Crippen LogP contribution is 2.48. The van der Waals surface area contributed by atoms with Crippen molar-refractivity contribution in [3.63, 3.8) is 0 Å². The number of aromatic nitrogens is 1. The van der Waals surface area contributed by atoms with Crippen LogP contribution >= 0.6 is 21.6 Å². The van der Waals surface area contributed by atoms with Gasteiger partial charge in [-0.2, -0.15) is 0 Å². The van der Waals surface area contributed by atoms with E-state index in [9.17, 15) is 14.7 Å². The summed E-state index contributed by atoms with van der Waals surface area (Å²) >= 11 is 0. The average molecular weight is 593 g/mol. The van der Waals surface area contributed by atoms with Crippen molar-refractivity contribution in [2.45, 2.75) is 49.0 Å². The number of carbonyl (C=O) groups is 2. The third kappa shape index (κ3) is 6.76. The van der Waals surface area contributed by atoms with Gasteiger partial charge in [0.15, 0.2) is 17.3 Å². The highest BCUT2D eigenvalue weighted by Gasteiger charge is 2.29. The molecule has 3 heterocycles. The van der Waals surface area contributed by atoms with Crippen LogP contribution < -0.4 is 15.8 Å². The molecule has 4 bridgehead atoms. The Balaban J connectivity index is 1.69. The van der Waals surface area contributed by atoms with Gasteiger partial charge in [-0.3, -0.25) is 9.59 Å². The molecule has 0 fully saturated rings. The maximum absolute atomic E-state index is 12.8. The fraction of sp³-hybridized carbons (Fsp3) is 0.387. The molecule has 0 amide bonds. The predicted molar refractivity (Wildman–Crippen MR) is 167 cm³/mol. The van der Waals surface area contributed by atoms with Crippen LogP contribution in [0, 0.1) is 5.92 Å². The van der Waals surface area contributed by atoms with Gasteiger partial charge in [0, 0.05) is 48.3 Å². The number of nitrogens with one attached hydrogen (secondary N) is 1. The van der Waals surface area contributed by atoms with Crippen LogP contribution in [0.5, 0.6) is 11.5 Å². The Labute approximate surface area is 248 Å². The van der Waals surface area contributed by atoms with Gasteiger partial charge < -0.3 is 25.8 Å². The average Bonchev–Trinajstić information content (AvgIpc) is 3.47. The van der Waals surface area contributed by atoms with Crippen LogP contribution in [-0.4, -0.2) is 52.1 Å². The topological polar surface area (TPSA) is 118 Å². The van der Waals surface area contributed by atoms with Crippen LogP contribution in [0.15, 0.2) is 55.0 Å². The SMILES string of the molecule is CCC1CCC(=O)CC(=O)C=Cc2cc(OC)c(O)cc2C2C=CC1SSC(CN1C=CNC1)c1cc2cnc1N. The maximum atomic E-state index is 12.8. The highest BCUT2D eigenvalue weighted by molar-refractivity contribution is 8.77. The lowest BCUT2D eigenvalue weighted by Crippen LogP contribution is -2.26. The van der Waals surface area contributed by atoms with Crippen LogP contribution in [0.25, 0.3) is 6.08 Å². The zero-order valence-corrected chi connectivity index (χ0v) is 24.9. The van der Waals surface area contributed by atoms with Gasteiger partial charge in [0.25, 0.3) is 0 Å². The van der Waals surface area contributed by atoms with E-state index in [1.165, 1.54) is 13.2 Å². The summed E-state index contributed by atoms with van der Waals surface area (Å²) in [5.41, 5.74) is 9.94. The Morgan fingerprint density at radius 2 is 2.02 bits per heavy atom. The fourth-order valence-corrected chi connectivity index (χ4v) is 8.89. The number of hydrogen-bond donors (Lipinski definition) is 3. The normalized spacial score (nSPS) is 24.6. The third-order valence-electron chi connectivity index (χ3n) is 7.87. The molecule has 4 N–H and O–H groups in total. The second-order valence-corrected chi connectivity index (χ2v) is 13.2. The molecule has 0 spiro atoms. The monoisotopic (exact) mass is 592 g/mol. The number of nitrogen functional groups attached to an aromatic ring is 1. The zero-order valence-electron chi connectivity index (χ0n) is 23.3. The Morgan fingerprint density at radius 3 is 2.78 bits per heavy atom. The van der Waals surface area contributed by atoms with Crippen LogP contribution in [0.3, 0.4) is 0 Å². The van der Waals surface area contributed by atoms with Gasteiger partial charge in [0.1, 0.15) is 11.6 Å².